The number of rotatable bonds is 3. The third-order valence-electron chi connectivity index (χ3n) is 2.15. The van der Waals surface area contributed by atoms with E-state index in [1.807, 2.05) is 6.92 Å². The lowest BCUT2D eigenvalue weighted by atomic mass is 10.4. The van der Waals surface area contributed by atoms with Crippen LogP contribution in [0.2, 0.25) is 5.15 Å². The number of hydrogen-bond acceptors (Lipinski definition) is 4. The quantitative estimate of drug-likeness (QED) is 0.710. The van der Waals surface area contributed by atoms with Crippen molar-refractivity contribution in [2.24, 2.45) is 0 Å². The molecule has 0 spiro atoms. The van der Waals surface area contributed by atoms with Gasteiger partial charge in [0, 0.05) is 10.7 Å². The molecule has 0 fully saturated rings. The second-order valence-corrected chi connectivity index (χ2v) is 9.17. The molecule has 19 heavy (non-hydrogen) atoms. The van der Waals surface area contributed by atoms with Crippen molar-refractivity contribution in [2.75, 3.05) is 4.72 Å². The minimum absolute atomic E-state index is 0.0964. The van der Waals surface area contributed by atoms with Crippen LogP contribution in [0.1, 0.15) is 5.56 Å². The molecule has 0 bridgehead atoms. The Morgan fingerprint density at radius 1 is 1.37 bits per heavy atom. The number of pyridine rings is 1. The average Bonchev–Trinajstić information content (AvgIpc) is 2.65. The summed E-state index contributed by atoms with van der Waals surface area (Å²) in [6, 6.07) is 3.15. The van der Waals surface area contributed by atoms with Crippen LogP contribution in [0.25, 0.3) is 0 Å². The predicted molar refractivity (Wildman–Crippen MR) is 84.5 cm³/mol. The van der Waals surface area contributed by atoms with Crippen molar-refractivity contribution in [3.63, 3.8) is 0 Å². The topological polar surface area (TPSA) is 59.1 Å². The van der Waals surface area contributed by atoms with E-state index >= 15 is 0 Å². The lowest BCUT2D eigenvalue weighted by Crippen LogP contribution is -2.12. The molecule has 0 aliphatic heterocycles. The molecule has 0 radical (unpaired) electrons. The van der Waals surface area contributed by atoms with Gasteiger partial charge in [0.1, 0.15) is 4.21 Å². The summed E-state index contributed by atoms with van der Waals surface area (Å²) in [5.74, 6) is 0. The van der Waals surface area contributed by atoms with Gasteiger partial charge in [-0.25, -0.2) is 13.4 Å². The number of hydrogen-bond donors (Lipinski definition) is 1. The van der Waals surface area contributed by atoms with Crippen molar-refractivity contribution in [3.8, 4) is 0 Å². The normalized spacial score (nSPS) is 11.6. The van der Waals surface area contributed by atoms with E-state index in [4.69, 9.17) is 11.6 Å². The van der Waals surface area contributed by atoms with Gasteiger partial charge in [-0.3, -0.25) is 4.72 Å². The van der Waals surface area contributed by atoms with Gasteiger partial charge < -0.3 is 0 Å². The van der Waals surface area contributed by atoms with Gasteiger partial charge in [-0.2, -0.15) is 0 Å². The summed E-state index contributed by atoms with van der Waals surface area (Å²) in [7, 11) is -3.66. The van der Waals surface area contributed by atoms with Crippen LogP contribution in [-0.2, 0) is 10.0 Å². The van der Waals surface area contributed by atoms with Crippen LogP contribution in [0.4, 0.5) is 5.69 Å². The largest absolute Gasteiger partial charge is 0.276 e. The van der Waals surface area contributed by atoms with E-state index < -0.39 is 10.0 Å². The first-order valence-electron chi connectivity index (χ1n) is 4.89. The van der Waals surface area contributed by atoms with Gasteiger partial charge in [0.15, 0.2) is 5.15 Å². The van der Waals surface area contributed by atoms with Crippen LogP contribution in [0.3, 0.4) is 0 Å². The fourth-order valence-corrected chi connectivity index (χ4v) is 5.07. The highest BCUT2D eigenvalue weighted by molar-refractivity contribution is 9.11. The van der Waals surface area contributed by atoms with Crippen LogP contribution in [0.15, 0.2) is 30.8 Å². The van der Waals surface area contributed by atoms with Crippen molar-refractivity contribution in [1.29, 1.82) is 0 Å². The van der Waals surface area contributed by atoms with Crippen LogP contribution in [-0.4, -0.2) is 13.4 Å². The molecule has 0 aromatic carbocycles. The lowest BCUT2D eigenvalue weighted by Gasteiger charge is -2.07. The van der Waals surface area contributed by atoms with E-state index in [1.165, 1.54) is 6.20 Å². The SMILES string of the molecule is Cc1cc(S(=O)(=O)Nc2cc(Br)cnc2Cl)sc1Br. The zero-order valence-corrected chi connectivity index (χ0v) is 15.0. The predicted octanol–water partition coefficient (Wildman–Crippen LogP) is 4.43. The second-order valence-electron chi connectivity index (χ2n) is 3.62. The van der Waals surface area contributed by atoms with E-state index in [1.54, 1.807) is 12.1 Å². The Balaban J connectivity index is 2.39. The maximum atomic E-state index is 12.2. The molecule has 9 heteroatoms. The van der Waals surface area contributed by atoms with Crippen LogP contribution in [0, 0.1) is 6.92 Å². The molecule has 0 atom stereocenters. The number of thiophene rings is 1. The first-order valence-corrected chi connectivity index (χ1v) is 9.16. The third kappa shape index (κ3) is 3.49. The van der Waals surface area contributed by atoms with Gasteiger partial charge in [-0.05, 0) is 56.5 Å². The number of nitrogens with one attached hydrogen (secondary N) is 1. The van der Waals surface area contributed by atoms with Crippen LogP contribution < -0.4 is 4.72 Å². The molecule has 2 heterocycles. The summed E-state index contributed by atoms with van der Waals surface area (Å²) in [4.78, 5) is 3.87. The summed E-state index contributed by atoms with van der Waals surface area (Å²) >= 11 is 13.5. The van der Waals surface area contributed by atoms with Crippen molar-refractivity contribution in [2.45, 2.75) is 11.1 Å². The maximum Gasteiger partial charge on any atom is 0.271 e. The van der Waals surface area contributed by atoms with E-state index in [0.29, 0.717) is 4.47 Å². The highest BCUT2D eigenvalue weighted by Crippen LogP contribution is 2.32. The first-order chi connectivity index (χ1) is 8.79. The number of halogens is 3. The summed E-state index contributed by atoms with van der Waals surface area (Å²) in [6.07, 6.45) is 1.49. The molecule has 1 N–H and O–H groups in total. The van der Waals surface area contributed by atoms with Gasteiger partial charge in [0.05, 0.1) is 9.47 Å². The van der Waals surface area contributed by atoms with E-state index in [2.05, 4.69) is 41.6 Å². The average molecular weight is 447 g/mol. The van der Waals surface area contributed by atoms with Gasteiger partial charge in [-0.15, -0.1) is 11.3 Å². The summed E-state index contributed by atoms with van der Waals surface area (Å²) in [5, 5.41) is 0.0964. The molecule has 0 saturated carbocycles. The number of aromatic nitrogens is 1. The number of sulfonamides is 1. The van der Waals surface area contributed by atoms with E-state index in [0.717, 1.165) is 20.7 Å². The molecule has 0 unspecified atom stereocenters. The molecule has 0 amide bonds. The van der Waals surface area contributed by atoms with Crippen molar-refractivity contribution in [3.05, 3.63) is 37.3 Å². The van der Waals surface area contributed by atoms with Crippen molar-refractivity contribution < 1.29 is 8.42 Å². The van der Waals surface area contributed by atoms with Crippen LogP contribution >= 0.6 is 54.8 Å². The fraction of sp³-hybridized carbons (Fsp3) is 0.100. The Kier molecular flexibility index (Phi) is 4.56. The molecule has 102 valence electrons. The van der Waals surface area contributed by atoms with E-state index in [9.17, 15) is 8.42 Å². The Bertz CT molecular complexity index is 712. The smallest absolute Gasteiger partial charge is 0.271 e. The van der Waals surface area contributed by atoms with Crippen molar-refractivity contribution >= 4 is 70.5 Å². The van der Waals surface area contributed by atoms with Gasteiger partial charge >= 0.3 is 0 Å². The first kappa shape index (κ1) is 15.2. The Hall–Kier alpha value is -0.150. The molecular weight excluding hydrogens is 440 g/mol. The molecule has 0 aliphatic rings. The van der Waals surface area contributed by atoms with Crippen LogP contribution in [0.5, 0.6) is 0 Å². The maximum absolute atomic E-state index is 12.2. The van der Waals surface area contributed by atoms with Crippen molar-refractivity contribution in [1.82, 2.24) is 4.98 Å². The standard InChI is InChI=1S/C10H7Br2ClN2O2S2/c1-5-2-8(18-9(5)12)19(16,17)15-7-3-6(11)4-14-10(7)13/h2-4,15H,1H3. The summed E-state index contributed by atoms with van der Waals surface area (Å²) in [5.41, 5.74) is 1.10. The molecule has 2 aromatic rings. The molecule has 0 aliphatic carbocycles. The Labute approximate surface area is 136 Å². The molecule has 2 rings (SSSR count). The number of anilines is 1. The summed E-state index contributed by atoms with van der Waals surface area (Å²) in [6.45, 7) is 1.83. The van der Waals surface area contributed by atoms with E-state index in [-0.39, 0.29) is 15.0 Å². The Morgan fingerprint density at radius 3 is 2.63 bits per heavy atom. The monoisotopic (exact) mass is 444 g/mol. The second kappa shape index (κ2) is 5.69. The number of aryl methyl sites for hydroxylation is 1. The minimum Gasteiger partial charge on any atom is -0.276 e. The molecule has 0 saturated heterocycles. The zero-order chi connectivity index (χ0) is 14.2. The van der Waals surface area contributed by atoms with Gasteiger partial charge in [0.25, 0.3) is 10.0 Å². The number of nitrogens with zero attached hydrogens (tertiary/aromatic N) is 1. The third-order valence-corrected chi connectivity index (χ3v) is 6.86. The minimum atomic E-state index is -3.66. The molecular formula is C10H7Br2ClN2O2S2. The van der Waals surface area contributed by atoms with Gasteiger partial charge in [-0.1, -0.05) is 11.6 Å². The highest BCUT2D eigenvalue weighted by atomic mass is 79.9. The van der Waals surface area contributed by atoms with Gasteiger partial charge in [0.2, 0.25) is 0 Å². The fourth-order valence-electron chi connectivity index (χ4n) is 1.25. The Morgan fingerprint density at radius 2 is 2.05 bits per heavy atom. The highest BCUT2D eigenvalue weighted by Gasteiger charge is 2.20. The molecule has 2 aromatic heterocycles. The lowest BCUT2D eigenvalue weighted by molar-refractivity contribution is 0.603. The summed E-state index contributed by atoms with van der Waals surface area (Å²) < 4.78 is 28.5. The molecule has 4 nitrogen and oxygen atoms in total. The zero-order valence-electron chi connectivity index (χ0n) is 9.45.